The van der Waals surface area contributed by atoms with Crippen LogP contribution in [0.1, 0.15) is 18.5 Å². The molecule has 3 heterocycles. The number of carbonyl (C=O) groups excluding carboxylic acids is 2. The predicted molar refractivity (Wildman–Crippen MR) is 86.5 cm³/mol. The molecule has 3 rings (SSSR count). The van der Waals surface area contributed by atoms with Gasteiger partial charge in [-0.25, -0.2) is 9.78 Å². The van der Waals surface area contributed by atoms with E-state index in [-0.39, 0.29) is 24.5 Å². The lowest BCUT2D eigenvalue weighted by Crippen LogP contribution is -2.45. The van der Waals surface area contributed by atoms with Crippen molar-refractivity contribution in [2.24, 2.45) is 0 Å². The van der Waals surface area contributed by atoms with Crippen LogP contribution in [-0.4, -0.2) is 64.5 Å². The average molecular weight is 336 g/mol. The van der Waals surface area contributed by atoms with Crippen LogP contribution in [0.25, 0.3) is 4.96 Å². The van der Waals surface area contributed by atoms with Gasteiger partial charge in [0.1, 0.15) is 6.10 Å². The van der Waals surface area contributed by atoms with Crippen LogP contribution in [-0.2, 0) is 16.0 Å². The molecule has 1 fully saturated rings. The van der Waals surface area contributed by atoms with Crippen molar-refractivity contribution in [3.8, 4) is 0 Å². The topological polar surface area (TPSA) is 67.2 Å². The summed E-state index contributed by atoms with van der Waals surface area (Å²) in [5.74, 6) is 0.0290. The molecule has 0 saturated carbocycles. The van der Waals surface area contributed by atoms with Crippen LogP contribution in [0.5, 0.6) is 0 Å². The molecule has 23 heavy (non-hydrogen) atoms. The smallest absolute Gasteiger partial charge is 0.409 e. The Kier molecular flexibility index (Phi) is 4.51. The minimum Gasteiger partial charge on any atom is -0.444 e. The van der Waals surface area contributed by atoms with E-state index in [1.54, 1.807) is 30.3 Å². The molecule has 0 aromatic carbocycles. The summed E-state index contributed by atoms with van der Waals surface area (Å²) in [7, 11) is 3.30. The highest BCUT2D eigenvalue weighted by molar-refractivity contribution is 7.15. The summed E-state index contributed by atoms with van der Waals surface area (Å²) in [6.07, 6.45) is 5.14. The van der Waals surface area contributed by atoms with Crippen molar-refractivity contribution >= 4 is 28.3 Å². The van der Waals surface area contributed by atoms with Crippen LogP contribution < -0.4 is 0 Å². The number of hydrogen-bond donors (Lipinski definition) is 0. The Morgan fingerprint density at radius 3 is 3.04 bits per heavy atom. The van der Waals surface area contributed by atoms with Gasteiger partial charge in [-0.15, -0.1) is 11.3 Å². The summed E-state index contributed by atoms with van der Waals surface area (Å²) in [5.41, 5.74) is 0.772. The van der Waals surface area contributed by atoms with E-state index in [0.717, 1.165) is 23.5 Å². The van der Waals surface area contributed by atoms with Crippen molar-refractivity contribution < 1.29 is 14.3 Å². The molecule has 1 aliphatic rings. The number of carbonyl (C=O) groups is 2. The lowest BCUT2D eigenvalue weighted by atomic mass is 10.1. The lowest BCUT2D eigenvalue weighted by molar-refractivity contribution is -0.133. The molecule has 1 atom stereocenters. The van der Waals surface area contributed by atoms with Gasteiger partial charge in [0.05, 0.1) is 18.7 Å². The maximum atomic E-state index is 12.5. The van der Waals surface area contributed by atoms with Gasteiger partial charge in [-0.2, -0.15) is 0 Å². The Balaban J connectivity index is 1.58. The van der Waals surface area contributed by atoms with E-state index < -0.39 is 0 Å². The molecule has 2 aromatic heterocycles. The fourth-order valence-corrected chi connectivity index (χ4v) is 3.36. The molecule has 1 aliphatic heterocycles. The highest BCUT2D eigenvalue weighted by Gasteiger charge is 2.27. The zero-order valence-corrected chi connectivity index (χ0v) is 14.1. The number of ether oxygens (including phenoxy) is 1. The van der Waals surface area contributed by atoms with E-state index in [0.29, 0.717) is 13.1 Å². The summed E-state index contributed by atoms with van der Waals surface area (Å²) in [6, 6.07) is 0. The molecular weight excluding hydrogens is 316 g/mol. The van der Waals surface area contributed by atoms with Gasteiger partial charge >= 0.3 is 6.09 Å². The molecule has 7 nitrogen and oxygen atoms in total. The van der Waals surface area contributed by atoms with Gasteiger partial charge in [-0.3, -0.25) is 9.20 Å². The summed E-state index contributed by atoms with van der Waals surface area (Å²) >= 11 is 1.55. The minimum atomic E-state index is -0.362. The first-order chi connectivity index (χ1) is 11.0. The van der Waals surface area contributed by atoms with Crippen LogP contribution in [0.4, 0.5) is 4.79 Å². The van der Waals surface area contributed by atoms with Crippen molar-refractivity contribution in [3.05, 3.63) is 23.5 Å². The van der Waals surface area contributed by atoms with Gasteiger partial charge < -0.3 is 14.5 Å². The standard InChI is InChI=1S/C15H20N4O3S/c1-17(2)15(21)22-12-4-3-5-18(10-12)13(20)8-11-9-19-6-7-23-14(19)16-11/h6-7,9,12H,3-5,8,10H2,1-2H3. The number of hydrogen-bond acceptors (Lipinski definition) is 5. The van der Waals surface area contributed by atoms with Crippen molar-refractivity contribution in [1.29, 1.82) is 0 Å². The van der Waals surface area contributed by atoms with Crippen LogP contribution >= 0.6 is 11.3 Å². The number of piperidine rings is 1. The van der Waals surface area contributed by atoms with Gasteiger partial charge in [0.25, 0.3) is 0 Å². The van der Waals surface area contributed by atoms with Crippen LogP contribution in [0.2, 0.25) is 0 Å². The summed E-state index contributed by atoms with van der Waals surface area (Å²) in [5, 5.41) is 1.96. The Hall–Kier alpha value is -2.09. The summed E-state index contributed by atoms with van der Waals surface area (Å²) in [6.45, 7) is 1.16. The molecule has 0 bridgehead atoms. The quantitative estimate of drug-likeness (QED) is 0.854. The first-order valence-electron chi connectivity index (χ1n) is 7.59. The Bertz CT molecular complexity index is 680. The third kappa shape index (κ3) is 3.64. The second kappa shape index (κ2) is 6.57. The number of likely N-dealkylation sites (tertiary alicyclic amines) is 1. The molecule has 1 saturated heterocycles. The number of rotatable bonds is 3. The van der Waals surface area contributed by atoms with Crippen molar-refractivity contribution in [3.63, 3.8) is 0 Å². The molecule has 0 radical (unpaired) electrons. The second-order valence-corrected chi connectivity index (χ2v) is 6.76. The molecule has 2 aromatic rings. The highest BCUT2D eigenvalue weighted by Crippen LogP contribution is 2.17. The van der Waals surface area contributed by atoms with Gasteiger partial charge in [0.2, 0.25) is 5.91 Å². The zero-order chi connectivity index (χ0) is 16.4. The lowest BCUT2D eigenvalue weighted by Gasteiger charge is -2.32. The second-order valence-electron chi connectivity index (χ2n) is 5.88. The maximum Gasteiger partial charge on any atom is 0.409 e. The summed E-state index contributed by atoms with van der Waals surface area (Å²) < 4.78 is 7.32. The minimum absolute atomic E-state index is 0.0290. The number of aromatic nitrogens is 2. The maximum absolute atomic E-state index is 12.5. The van der Waals surface area contributed by atoms with E-state index in [4.69, 9.17) is 4.74 Å². The predicted octanol–water partition coefficient (Wildman–Crippen LogP) is 1.63. The monoisotopic (exact) mass is 336 g/mol. The van der Waals surface area contributed by atoms with Gasteiger partial charge in [0.15, 0.2) is 4.96 Å². The number of nitrogens with zero attached hydrogens (tertiary/aromatic N) is 4. The van der Waals surface area contributed by atoms with Crippen LogP contribution in [0, 0.1) is 0 Å². The van der Waals surface area contributed by atoms with Gasteiger partial charge in [-0.05, 0) is 12.8 Å². The number of amides is 2. The Morgan fingerprint density at radius 1 is 1.48 bits per heavy atom. The van der Waals surface area contributed by atoms with Crippen LogP contribution in [0.15, 0.2) is 17.8 Å². The third-order valence-electron chi connectivity index (χ3n) is 3.84. The van der Waals surface area contributed by atoms with Crippen molar-refractivity contribution in [2.45, 2.75) is 25.4 Å². The van der Waals surface area contributed by atoms with E-state index in [1.807, 2.05) is 22.2 Å². The fourth-order valence-electron chi connectivity index (χ4n) is 2.64. The Labute approximate surface area is 138 Å². The average Bonchev–Trinajstić information content (AvgIpc) is 3.08. The first-order valence-corrected chi connectivity index (χ1v) is 8.47. The number of fused-ring (bicyclic) bond motifs is 1. The molecule has 124 valence electrons. The van der Waals surface area contributed by atoms with Crippen molar-refractivity contribution in [1.82, 2.24) is 19.2 Å². The molecule has 8 heteroatoms. The number of thiazole rings is 1. The van der Waals surface area contributed by atoms with E-state index in [2.05, 4.69) is 4.98 Å². The third-order valence-corrected chi connectivity index (χ3v) is 4.61. The Morgan fingerprint density at radius 2 is 2.30 bits per heavy atom. The number of imidazole rings is 1. The van der Waals surface area contributed by atoms with E-state index in [1.165, 1.54) is 4.90 Å². The molecule has 0 N–H and O–H groups in total. The molecular formula is C15H20N4O3S. The SMILES string of the molecule is CN(C)C(=O)OC1CCCN(C(=O)Cc2cn3ccsc3n2)C1. The van der Waals surface area contributed by atoms with Crippen LogP contribution in [0.3, 0.4) is 0 Å². The molecule has 0 spiro atoms. The zero-order valence-electron chi connectivity index (χ0n) is 13.3. The first kappa shape index (κ1) is 15.8. The molecule has 1 unspecified atom stereocenters. The normalized spacial score (nSPS) is 18.2. The molecule has 0 aliphatic carbocycles. The highest BCUT2D eigenvalue weighted by atomic mass is 32.1. The summed E-state index contributed by atoms with van der Waals surface area (Å²) in [4.78, 5) is 32.6. The van der Waals surface area contributed by atoms with Gasteiger partial charge in [-0.1, -0.05) is 0 Å². The largest absolute Gasteiger partial charge is 0.444 e. The van der Waals surface area contributed by atoms with E-state index in [9.17, 15) is 9.59 Å². The van der Waals surface area contributed by atoms with Gasteiger partial charge in [0, 0.05) is 38.4 Å². The molecule has 2 amide bonds. The van der Waals surface area contributed by atoms with E-state index >= 15 is 0 Å². The fraction of sp³-hybridized carbons (Fsp3) is 0.533. The van der Waals surface area contributed by atoms with Crippen molar-refractivity contribution in [2.75, 3.05) is 27.2 Å².